The monoisotopic (exact) mass is 456 g/mol. The minimum Gasteiger partial charge on any atom is -0.353 e. The first-order valence-electron chi connectivity index (χ1n) is 11.4. The number of nitrogens with zero attached hydrogens (tertiary/aromatic N) is 2. The van der Waals surface area contributed by atoms with E-state index in [4.69, 9.17) is 0 Å². The number of H-pyrrole nitrogens is 1. The Labute approximate surface area is 196 Å². The van der Waals surface area contributed by atoms with Gasteiger partial charge in [-0.05, 0) is 72.5 Å². The van der Waals surface area contributed by atoms with E-state index in [1.54, 1.807) is 18.3 Å². The molecule has 0 radical (unpaired) electrons. The van der Waals surface area contributed by atoms with Crippen molar-refractivity contribution in [1.29, 1.82) is 0 Å². The zero-order chi connectivity index (χ0) is 23.7. The summed E-state index contributed by atoms with van der Waals surface area (Å²) in [6, 6.07) is 18.1. The van der Waals surface area contributed by atoms with Crippen molar-refractivity contribution in [3.63, 3.8) is 0 Å². The molecule has 5 rings (SSSR count). The lowest BCUT2D eigenvalue weighted by Crippen LogP contribution is -2.46. The van der Waals surface area contributed by atoms with Gasteiger partial charge in [-0.1, -0.05) is 12.1 Å². The molecule has 0 unspecified atom stereocenters. The predicted molar refractivity (Wildman–Crippen MR) is 130 cm³/mol. The SMILES string of the molecule is CC(=O)NC1CCN(C(=O)c2cccc(-c3cnc4[nH]c(-c5ccc(F)cc5)cc4c3)c2)CC1. The molecule has 2 N–H and O–H groups in total. The molecule has 2 amide bonds. The minimum atomic E-state index is -0.271. The van der Waals surface area contributed by atoms with Gasteiger partial charge in [0.25, 0.3) is 5.91 Å². The first kappa shape index (κ1) is 21.8. The lowest BCUT2D eigenvalue weighted by molar-refractivity contribution is -0.119. The fourth-order valence-corrected chi connectivity index (χ4v) is 4.49. The number of aromatic amines is 1. The quantitative estimate of drug-likeness (QED) is 0.464. The van der Waals surface area contributed by atoms with Crippen LogP contribution in [0.2, 0.25) is 0 Å². The van der Waals surface area contributed by atoms with Gasteiger partial charge in [-0.25, -0.2) is 9.37 Å². The summed E-state index contributed by atoms with van der Waals surface area (Å²) in [7, 11) is 0. The minimum absolute atomic E-state index is 0.00240. The molecule has 1 aliphatic heterocycles. The van der Waals surface area contributed by atoms with Crippen molar-refractivity contribution in [2.24, 2.45) is 0 Å². The second-order valence-electron chi connectivity index (χ2n) is 8.70. The molecular weight excluding hydrogens is 431 g/mol. The molecule has 1 saturated heterocycles. The van der Waals surface area contributed by atoms with E-state index in [-0.39, 0.29) is 23.7 Å². The van der Waals surface area contributed by atoms with Crippen LogP contribution in [-0.4, -0.2) is 45.8 Å². The van der Waals surface area contributed by atoms with Crippen LogP contribution < -0.4 is 5.32 Å². The van der Waals surface area contributed by atoms with Crippen LogP contribution in [0.15, 0.2) is 66.9 Å². The average molecular weight is 457 g/mol. The number of benzene rings is 2. The van der Waals surface area contributed by atoms with E-state index >= 15 is 0 Å². The van der Waals surface area contributed by atoms with Crippen LogP contribution in [0.3, 0.4) is 0 Å². The zero-order valence-corrected chi connectivity index (χ0v) is 18.8. The molecule has 6 nitrogen and oxygen atoms in total. The summed E-state index contributed by atoms with van der Waals surface area (Å²) in [5.74, 6) is -0.306. The average Bonchev–Trinajstić information content (AvgIpc) is 3.28. The maximum absolute atomic E-state index is 13.3. The number of halogens is 1. The molecule has 0 aliphatic carbocycles. The van der Waals surface area contributed by atoms with Crippen molar-refractivity contribution in [2.75, 3.05) is 13.1 Å². The van der Waals surface area contributed by atoms with E-state index in [9.17, 15) is 14.0 Å². The van der Waals surface area contributed by atoms with Crippen molar-refractivity contribution in [1.82, 2.24) is 20.2 Å². The number of rotatable bonds is 4. The van der Waals surface area contributed by atoms with Crippen LogP contribution >= 0.6 is 0 Å². The molecule has 7 heteroatoms. The highest BCUT2D eigenvalue weighted by Gasteiger charge is 2.24. The Morgan fingerprint density at radius 2 is 1.76 bits per heavy atom. The third kappa shape index (κ3) is 4.55. The van der Waals surface area contributed by atoms with Gasteiger partial charge in [0.2, 0.25) is 5.91 Å². The van der Waals surface area contributed by atoms with Crippen LogP contribution in [-0.2, 0) is 4.79 Å². The van der Waals surface area contributed by atoms with Crippen molar-refractivity contribution in [3.05, 3.63) is 78.2 Å². The first-order chi connectivity index (χ1) is 16.5. The van der Waals surface area contributed by atoms with Crippen LogP contribution in [0.4, 0.5) is 4.39 Å². The van der Waals surface area contributed by atoms with Crippen molar-refractivity contribution < 1.29 is 14.0 Å². The van der Waals surface area contributed by atoms with Gasteiger partial charge in [0.05, 0.1) is 0 Å². The summed E-state index contributed by atoms with van der Waals surface area (Å²) in [5, 5.41) is 3.88. The number of carbonyl (C=O) groups excluding carboxylic acids is 2. The highest BCUT2D eigenvalue weighted by atomic mass is 19.1. The third-order valence-electron chi connectivity index (χ3n) is 6.26. The standard InChI is InChI=1S/C27H25FN4O2/c1-17(33)30-24-9-11-32(12-10-24)27(34)20-4-2-3-19(13-20)22-14-21-15-25(31-26(21)29-16-22)18-5-7-23(28)8-6-18/h2-8,13-16,24H,9-12H2,1H3,(H,29,31)(H,30,33). The van der Waals surface area contributed by atoms with Crippen LogP contribution in [0.1, 0.15) is 30.1 Å². The number of carbonyl (C=O) groups is 2. The Morgan fingerprint density at radius 1 is 1.00 bits per heavy atom. The summed E-state index contributed by atoms with van der Waals surface area (Å²) in [6.45, 7) is 2.76. The maximum Gasteiger partial charge on any atom is 0.253 e. The van der Waals surface area contributed by atoms with Crippen LogP contribution in [0, 0.1) is 5.82 Å². The molecule has 0 saturated carbocycles. The Bertz CT molecular complexity index is 1350. The van der Waals surface area contributed by atoms with Gasteiger partial charge in [-0.15, -0.1) is 0 Å². The molecule has 34 heavy (non-hydrogen) atoms. The summed E-state index contributed by atoms with van der Waals surface area (Å²) < 4.78 is 13.3. The number of hydrogen-bond donors (Lipinski definition) is 2. The van der Waals surface area contributed by atoms with Gasteiger partial charge < -0.3 is 15.2 Å². The number of fused-ring (bicyclic) bond motifs is 1. The van der Waals surface area contributed by atoms with Gasteiger partial charge >= 0.3 is 0 Å². The van der Waals surface area contributed by atoms with Gasteiger partial charge in [-0.3, -0.25) is 9.59 Å². The molecule has 0 atom stereocenters. The van der Waals surface area contributed by atoms with Gasteiger partial charge in [-0.2, -0.15) is 0 Å². The fraction of sp³-hybridized carbons (Fsp3) is 0.222. The second-order valence-corrected chi connectivity index (χ2v) is 8.70. The van der Waals surface area contributed by atoms with Crippen LogP contribution in [0.5, 0.6) is 0 Å². The smallest absolute Gasteiger partial charge is 0.253 e. The number of nitrogens with one attached hydrogen (secondary N) is 2. The van der Waals surface area contributed by atoms with Crippen molar-refractivity contribution in [2.45, 2.75) is 25.8 Å². The number of hydrogen-bond acceptors (Lipinski definition) is 3. The molecule has 1 fully saturated rings. The lowest BCUT2D eigenvalue weighted by Gasteiger charge is -2.32. The number of likely N-dealkylation sites (tertiary alicyclic amines) is 1. The summed E-state index contributed by atoms with van der Waals surface area (Å²) in [5.41, 5.74) is 4.96. The van der Waals surface area contributed by atoms with E-state index in [1.165, 1.54) is 19.1 Å². The fourth-order valence-electron chi connectivity index (χ4n) is 4.49. The molecule has 2 aromatic heterocycles. The Kier molecular flexibility index (Phi) is 5.84. The third-order valence-corrected chi connectivity index (χ3v) is 6.26. The van der Waals surface area contributed by atoms with E-state index in [0.29, 0.717) is 18.7 Å². The van der Waals surface area contributed by atoms with E-state index in [2.05, 4.69) is 15.3 Å². The summed E-state index contributed by atoms with van der Waals surface area (Å²) in [6.07, 6.45) is 3.31. The zero-order valence-electron chi connectivity index (χ0n) is 18.8. The van der Waals surface area contributed by atoms with Gasteiger partial charge in [0, 0.05) is 54.5 Å². The highest BCUT2D eigenvalue weighted by molar-refractivity contribution is 5.96. The molecule has 0 spiro atoms. The Morgan fingerprint density at radius 3 is 2.50 bits per heavy atom. The molecule has 2 aromatic carbocycles. The number of pyridine rings is 1. The van der Waals surface area contributed by atoms with Gasteiger partial charge in [0.1, 0.15) is 11.5 Å². The van der Waals surface area contributed by atoms with Crippen molar-refractivity contribution in [3.8, 4) is 22.4 Å². The topological polar surface area (TPSA) is 78.1 Å². The van der Waals surface area contributed by atoms with E-state index in [1.807, 2.05) is 41.3 Å². The van der Waals surface area contributed by atoms with E-state index < -0.39 is 0 Å². The lowest BCUT2D eigenvalue weighted by atomic mass is 10.0. The predicted octanol–water partition coefficient (Wildman–Crippen LogP) is 4.78. The number of amides is 2. The normalized spacial score (nSPS) is 14.4. The molecule has 3 heterocycles. The maximum atomic E-state index is 13.3. The summed E-state index contributed by atoms with van der Waals surface area (Å²) in [4.78, 5) is 34.1. The molecular formula is C27H25FN4O2. The van der Waals surface area contributed by atoms with Gasteiger partial charge in [0.15, 0.2) is 0 Å². The Balaban J connectivity index is 1.35. The number of piperidine rings is 1. The molecule has 172 valence electrons. The largest absolute Gasteiger partial charge is 0.353 e. The van der Waals surface area contributed by atoms with E-state index in [0.717, 1.165) is 46.3 Å². The molecule has 4 aromatic rings. The second kappa shape index (κ2) is 9.09. The van der Waals surface area contributed by atoms with Crippen molar-refractivity contribution >= 4 is 22.8 Å². The molecule has 1 aliphatic rings. The first-order valence-corrected chi connectivity index (χ1v) is 11.4. The molecule has 0 bridgehead atoms. The Hall–Kier alpha value is -4.00. The summed E-state index contributed by atoms with van der Waals surface area (Å²) >= 11 is 0. The highest BCUT2D eigenvalue weighted by Crippen LogP contribution is 2.28. The van der Waals surface area contributed by atoms with Crippen LogP contribution in [0.25, 0.3) is 33.4 Å². The number of aromatic nitrogens is 2.